The van der Waals surface area contributed by atoms with Gasteiger partial charge in [0.1, 0.15) is 0 Å². The lowest BCUT2D eigenvalue weighted by Crippen LogP contribution is -1.81. The number of thioether (sulfide) groups is 1. The van der Waals surface area contributed by atoms with Crippen molar-refractivity contribution in [1.29, 1.82) is 0 Å². The van der Waals surface area contributed by atoms with Crippen molar-refractivity contribution in [3.63, 3.8) is 0 Å². The molecular weight excluding hydrogens is 140 g/mol. The average molecular weight is 157 g/mol. The molecule has 0 aromatic carbocycles. The highest BCUT2D eigenvalue weighted by Crippen LogP contribution is 2.06. The van der Waals surface area contributed by atoms with Crippen molar-refractivity contribution < 1.29 is 0 Å². The number of hydrogen-bond donors (Lipinski definition) is 0. The van der Waals surface area contributed by atoms with Gasteiger partial charge in [0.15, 0.2) is 0 Å². The molecule has 0 N–H and O–H groups in total. The average Bonchev–Trinajstić information content (AvgIpc) is 1.97. The maximum Gasteiger partial charge on any atom is 0.0110 e. The Hall–Kier alpha value is 0.0900. The number of rotatable bonds is 7. The van der Waals surface area contributed by atoms with E-state index in [1.54, 1.807) is 0 Å². The predicted molar refractivity (Wildman–Crippen MR) is 51.3 cm³/mol. The maximum absolute atomic E-state index is 3.80. The van der Waals surface area contributed by atoms with Crippen LogP contribution in [0, 0.1) is 6.92 Å². The van der Waals surface area contributed by atoms with E-state index in [0.29, 0.717) is 0 Å². The standard InChI is InChI=1S/C9H17S/c1-3-5-6-7-9-10-8-4-2/h4H,1-3,5-9H2. The van der Waals surface area contributed by atoms with Crippen LogP contribution in [0.5, 0.6) is 0 Å². The van der Waals surface area contributed by atoms with Crippen molar-refractivity contribution in [2.75, 3.05) is 11.5 Å². The van der Waals surface area contributed by atoms with E-state index in [0.717, 1.165) is 12.2 Å². The van der Waals surface area contributed by atoms with E-state index in [1.807, 2.05) is 17.8 Å². The van der Waals surface area contributed by atoms with Gasteiger partial charge in [0, 0.05) is 5.75 Å². The van der Waals surface area contributed by atoms with Crippen molar-refractivity contribution in [2.24, 2.45) is 0 Å². The predicted octanol–water partition coefficient (Wildman–Crippen LogP) is 3.30. The van der Waals surface area contributed by atoms with Crippen LogP contribution in [0.15, 0.2) is 12.7 Å². The summed E-state index contributed by atoms with van der Waals surface area (Å²) in [4.78, 5) is 0. The molecule has 0 spiro atoms. The van der Waals surface area contributed by atoms with Crippen LogP contribution in [0.25, 0.3) is 0 Å². The van der Waals surface area contributed by atoms with Crippen molar-refractivity contribution in [3.8, 4) is 0 Å². The van der Waals surface area contributed by atoms with E-state index in [1.165, 1.54) is 25.0 Å². The second-order valence-electron chi connectivity index (χ2n) is 2.28. The summed E-state index contributed by atoms with van der Waals surface area (Å²) in [6, 6.07) is 0. The van der Waals surface area contributed by atoms with Gasteiger partial charge in [0.05, 0.1) is 0 Å². The minimum absolute atomic E-state index is 1.09. The van der Waals surface area contributed by atoms with Gasteiger partial charge in [0.2, 0.25) is 0 Å². The van der Waals surface area contributed by atoms with Crippen molar-refractivity contribution >= 4 is 11.8 Å². The van der Waals surface area contributed by atoms with Gasteiger partial charge >= 0.3 is 0 Å². The fourth-order valence-corrected chi connectivity index (χ4v) is 1.47. The SMILES string of the molecule is [CH2]CCCCCSCC=C. The molecular formula is C9H17S. The van der Waals surface area contributed by atoms with Crippen molar-refractivity contribution in [3.05, 3.63) is 19.6 Å². The van der Waals surface area contributed by atoms with Gasteiger partial charge < -0.3 is 0 Å². The highest BCUT2D eigenvalue weighted by Gasteiger charge is 1.86. The third-order valence-corrected chi connectivity index (χ3v) is 2.32. The molecule has 0 amide bonds. The summed E-state index contributed by atoms with van der Waals surface area (Å²) in [6.45, 7) is 7.46. The van der Waals surface area contributed by atoms with Crippen LogP contribution in [0.1, 0.15) is 25.7 Å². The lowest BCUT2D eigenvalue weighted by atomic mass is 10.2. The van der Waals surface area contributed by atoms with Crippen LogP contribution in [0.4, 0.5) is 0 Å². The molecule has 0 unspecified atom stereocenters. The molecule has 0 bridgehead atoms. The smallest absolute Gasteiger partial charge is 0.0110 e. The first-order chi connectivity index (χ1) is 4.91. The molecule has 0 heterocycles. The Morgan fingerprint density at radius 2 is 2.00 bits per heavy atom. The summed E-state index contributed by atoms with van der Waals surface area (Å²) in [5.74, 6) is 2.39. The molecule has 0 atom stereocenters. The van der Waals surface area contributed by atoms with Gasteiger partial charge in [-0.1, -0.05) is 32.3 Å². The van der Waals surface area contributed by atoms with Gasteiger partial charge in [-0.05, 0) is 12.2 Å². The van der Waals surface area contributed by atoms with E-state index in [9.17, 15) is 0 Å². The Morgan fingerprint density at radius 3 is 2.60 bits per heavy atom. The number of hydrogen-bond acceptors (Lipinski definition) is 1. The van der Waals surface area contributed by atoms with Crippen molar-refractivity contribution in [2.45, 2.75) is 25.7 Å². The van der Waals surface area contributed by atoms with E-state index in [4.69, 9.17) is 0 Å². The lowest BCUT2D eigenvalue weighted by molar-refractivity contribution is 0.733. The molecule has 0 rings (SSSR count). The Kier molecular flexibility index (Phi) is 9.17. The maximum atomic E-state index is 3.80. The largest absolute Gasteiger partial charge is 0.158 e. The summed E-state index contributed by atoms with van der Waals surface area (Å²) in [5.41, 5.74) is 0. The third kappa shape index (κ3) is 8.09. The zero-order valence-electron chi connectivity index (χ0n) is 6.64. The first-order valence-electron chi connectivity index (χ1n) is 3.89. The summed E-state index contributed by atoms with van der Waals surface area (Å²) in [5, 5.41) is 0. The first-order valence-corrected chi connectivity index (χ1v) is 5.05. The molecule has 0 aliphatic heterocycles. The Bertz CT molecular complexity index is 69.1. The molecule has 0 saturated carbocycles. The van der Waals surface area contributed by atoms with E-state index in [2.05, 4.69) is 13.5 Å². The minimum Gasteiger partial charge on any atom is -0.158 e. The molecule has 0 nitrogen and oxygen atoms in total. The summed E-state index contributed by atoms with van der Waals surface area (Å²) in [7, 11) is 0. The molecule has 0 aliphatic carbocycles. The highest BCUT2D eigenvalue weighted by atomic mass is 32.2. The molecule has 0 aromatic heterocycles. The van der Waals surface area contributed by atoms with Gasteiger partial charge in [0.25, 0.3) is 0 Å². The molecule has 0 saturated heterocycles. The summed E-state index contributed by atoms with van der Waals surface area (Å²) in [6.07, 6.45) is 7.02. The van der Waals surface area contributed by atoms with Gasteiger partial charge in [-0.15, -0.1) is 6.58 Å². The van der Waals surface area contributed by atoms with Crippen molar-refractivity contribution in [1.82, 2.24) is 0 Å². The van der Waals surface area contributed by atoms with E-state index in [-0.39, 0.29) is 0 Å². The zero-order valence-corrected chi connectivity index (χ0v) is 7.46. The van der Waals surface area contributed by atoms with Crippen LogP contribution in [-0.2, 0) is 0 Å². The molecule has 1 radical (unpaired) electrons. The number of unbranched alkanes of at least 4 members (excludes halogenated alkanes) is 3. The monoisotopic (exact) mass is 157 g/mol. The Balaban J connectivity index is 2.70. The van der Waals surface area contributed by atoms with Crippen LogP contribution in [0.3, 0.4) is 0 Å². The third-order valence-electron chi connectivity index (χ3n) is 1.27. The van der Waals surface area contributed by atoms with E-state index >= 15 is 0 Å². The Morgan fingerprint density at radius 1 is 1.20 bits per heavy atom. The van der Waals surface area contributed by atoms with Crippen LogP contribution < -0.4 is 0 Å². The van der Waals surface area contributed by atoms with Gasteiger partial charge in [-0.2, -0.15) is 11.8 Å². The molecule has 0 aromatic rings. The topological polar surface area (TPSA) is 0 Å². The molecule has 10 heavy (non-hydrogen) atoms. The molecule has 1 heteroatoms. The normalized spacial score (nSPS) is 9.70. The van der Waals surface area contributed by atoms with Crippen LogP contribution in [-0.4, -0.2) is 11.5 Å². The second-order valence-corrected chi connectivity index (χ2v) is 3.43. The van der Waals surface area contributed by atoms with Gasteiger partial charge in [-0.3, -0.25) is 0 Å². The fourth-order valence-electron chi connectivity index (χ4n) is 0.724. The van der Waals surface area contributed by atoms with Crippen LogP contribution >= 0.6 is 11.8 Å². The minimum atomic E-state index is 1.09. The zero-order chi connectivity index (χ0) is 7.66. The quantitative estimate of drug-likeness (QED) is 0.403. The molecule has 0 aliphatic rings. The Labute approximate surface area is 69.1 Å². The van der Waals surface area contributed by atoms with Gasteiger partial charge in [-0.25, -0.2) is 0 Å². The second kappa shape index (κ2) is 9.09. The highest BCUT2D eigenvalue weighted by molar-refractivity contribution is 7.99. The van der Waals surface area contributed by atoms with Crippen LogP contribution in [0.2, 0.25) is 0 Å². The molecule has 0 fully saturated rings. The molecule has 59 valence electrons. The lowest BCUT2D eigenvalue weighted by Gasteiger charge is -1.96. The van der Waals surface area contributed by atoms with E-state index < -0.39 is 0 Å². The summed E-state index contributed by atoms with van der Waals surface area (Å²) >= 11 is 1.97. The first kappa shape index (κ1) is 10.1. The fraction of sp³-hybridized carbons (Fsp3) is 0.667. The summed E-state index contributed by atoms with van der Waals surface area (Å²) < 4.78 is 0.